The lowest BCUT2D eigenvalue weighted by molar-refractivity contribution is -0.929. The topological polar surface area (TPSA) is 74.6 Å². The summed E-state index contributed by atoms with van der Waals surface area (Å²) < 4.78 is 2.84. The van der Waals surface area contributed by atoms with Gasteiger partial charge in [-0.15, -0.1) is 0 Å². The highest BCUT2D eigenvalue weighted by Crippen LogP contribution is 2.17. The highest BCUT2D eigenvalue weighted by molar-refractivity contribution is 5.91. The van der Waals surface area contributed by atoms with Crippen LogP contribution in [0.15, 0.2) is 12.2 Å². The lowest BCUT2D eigenvalue weighted by Crippen LogP contribution is -2.50. The van der Waals surface area contributed by atoms with Gasteiger partial charge in [0.1, 0.15) is 0 Å². The van der Waals surface area contributed by atoms with Gasteiger partial charge >= 0.3 is 11.9 Å². The van der Waals surface area contributed by atoms with Gasteiger partial charge in [0.05, 0.1) is 58.8 Å². The average molecular weight is 615 g/mol. The van der Waals surface area contributed by atoms with Crippen LogP contribution in [-0.4, -0.2) is 83.5 Å². The second kappa shape index (κ2) is 32.0. The monoisotopic (exact) mass is 615 g/mol. The lowest BCUT2D eigenvalue weighted by Gasteiger charge is -2.39. The summed E-state index contributed by atoms with van der Waals surface area (Å²) in [5, 5.41) is 16.1. The molecule has 0 amide bonds. The van der Waals surface area contributed by atoms with Crippen LogP contribution in [0.3, 0.4) is 0 Å². The molecular weight excluding hydrogens is 536 g/mol. The first kappa shape index (κ1) is 46.0. The predicted octanol–water partition coefficient (Wildman–Crippen LogP) is 10.1. The van der Waals surface area contributed by atoms with Gasteiger partial charge in [-0.05, 0) is 51.4 Å². The van der Waals surface area contributed by atoms with Crippen molar-refractivity contribution in [2.75, 3.05) is 52.4 Å². The van der Waals surface area contributed by atoms with Gasteiger partial charge in [0.25, 0.3) is 0 Å². The largest absolute Gasteiger partial charge is 0.481 e. The second-order valence-electron chi connectivity index (χ2n) is 12.8. The van der Waals surface area contributed by atoms with Crippen molar-refractivity contribution in [1.29, 1.82) is 0 Å². The maximum absolute atomic E-state index is 9.87. The Kier molecular flexibility index (Phi) is 34.3. The van der Waals surface area contributed by atoms with E-state index in [1.165, 1.54) is 164 Å². The molecule has 2 N–H and O–H groups in total. The molecule has 0 bridgehead atoms. The molecule has 0 aromatic heterocycles. The average Bonchev–Trinajstić information content (AvgIpc) is 3.00. The molecule has 0 aliphatic carbocycles. The molecular formula is C37H78N2O4+2. The molecule has 43 heavy (non-hydrogen) atoms. The van der Waals surface area contributed by atoms with Crippen LogP contribution in [0.4, 0.5) is 0 Å². The smallest absolute Gasteiger partial charge is 0.331 e. The maximum atomic E-state index is 9.87. The molecule has 6 nitrogen and oxygen atoms in total. The third kappa shape index (κ3) is 27.9. The Balaban J connectivity index is -0.000000586. The zero-order valence-corrected chi connectivity index (χ0v) is 30.5. The minimum atomic E-state index is -1.27. The van der Waals surface area contributed by atoms with Crippen LogP contribution in [-0.2, 0) is 9.59 Å². The maximum Gasteiger partial charge on any atom is 0.331 e. The van der Waals surface area contributed by atoms with Crippen molar-refractivity contribution in [1.82, 2.24) is 0 Å². The Morgan fingerprint density at radius 2 is 0.628 bits per heavy atom. The first-order valence-electron chi connectivity index (χ1n) is 18.4. The zero-order valence-electron chi connectivity index (χ0n) is 30.5. The number of unbranched alkanes of at least 4 members (excludes halogenated alkanes) is 8. The summed E-state index contributed by atoms with van der Waals surface area (Å²) in [6.07, 6.45) is 21.6. The van der Waals surface area contributed by atoms with Gasteiger partial charge in [-0.2, -0.15) is 0 Å². The van der Waals surface area contributed by atoms with E-state index in [2.05, 4.69) is 62.0 Å². The molecule has 0 radical (unpaired) electrons. The van der Waals surface area contributed by atoms with Crippen LogP contribution in [0, 0.1) is 0 Å². The number of carboxylic acids is 2. The summed E-state index contributed by atoms with van der Waals surface area (Å²) >= 11 is 0. The van der Waals surface area contributed by atoms with Crippen molar-refractivity contribution in [3.05, 3.63) is 12.2 Å². The van der Waals surface area contributed by atoms with Crippen LogP contribution < -0.4 is 0 Å². The molecule has 0 unspecified atom stereocenters. The molecule has 258 valence electrons. The van der Waals surface area contributed by atoms with Crippen LogP contribution in [0.5, 0.6) is 0 Å². The molecule has 0 saturated heterocycles. The third-order valence-electron chi connectivity index (χ3n) is 8.56. The highest BCUT2D eigenvalue weighted by Gasteiger charge is 2.25. The van der Waals surface area contributed by atoms with Crippen LogP contribution in [0.2, 0.25) is 0 Å². The Hall–Kier alpha value is -1.40. The van der Waals surface area contributed by atoms with Gasteiger partial charge in [0.2, 0.25) is 0 Å². The first-order valence-corrected chi connectivity index (χ1v) is 18.4. The number of rotatable bonds is 27. The molecule has 0 fully saturated rings. The molecule has 0 heterocycles. The highest BCUT2D eigenvalue weighted by atomic mass is 16.4. The Bertz CT molecular complexity index is 540. The number of hydrogen-bond acceptors (Lipinski definition) is 2. The van der Waals surface area contributed by atoms with E-state index in [1.54, 1.807) is 0 Å². The number of hydrogen-bond donors (Lipinski definition) is 2. The summed E-state index contributed by atoms with van der Waals surface area (Å²) in [6, 6.07) is 0. The SMILES string of the molecule is C=C(CC(=O)O)C(=O)O.CCCC[N+](CCCC)(CCCC)CCCC.CCCC[N+](CCCC)(CCCC)CCCC. The molecule has 0 saturated carbocycles. The fraction of sp³-hybridized carbons (Fsp3) is 0.892. The van der Waals surface area contributed by atoms with Gasteiger partial charge in [-0.25, -0.2) is 4.79 Å². The van der Waals surface area contributed by atoms with E-state index in [9.17, 15) is 9.59 Å². The van der Waals surface area contributed by atoms with E-state index in [-0.39, 0.29) is 5.57 Å². The van der Waals surface area contributed by atoms with Crippen molar-refractivity contribution < 1.29 is 28.8 Å². The normalized spacial score (nSPS) is 11.3. The molecule has 0 aliphatic rings. The number of aliphatic carboxylic acids is 2. The minimum Gasteiger partial charge on any atom is -0.481 e. The zero-order chi connectivity index (χ0) is 33.4. The Morgan fingerprint density at radius 1 is 0.442 bits per heavy atom. The van der Waals surface area contributed by atoms with Crippen LogP contribution in [0.25, 0.3) is 0 Å². The summed E-state index contributed by atoms with van der Waals surface area (Å²) in [6.45, 7) is 33.1. The van der Waals surface area contributed by atoms with E-state index in [0.29, 0.717) is 0 Å². The van der Waals surface area contributed by atoms with E-state index >= 15 is 0 Å². The quantitative estimate of drug-likeness (QED) is 0.0713. The van der Waals surface area contributed by atoms with Gasteiger partial charge in [0, 0.05) is 5.57 Å². The Labute approximate surface area is 269 Å². The van der Waals surface area contributed by atoms with E-state index < -0.39 is 18.4 Å². The standard InChI is InChI=1S/2C16H36N.C5H6O4/c2*1-5-9-13-17(14-10-6-2,15-11-7-3)16-12-8-4;1-3(5(8)9)2-4(6)7/h2*5-16H2,1-4H3;1-2H2,(H,6,7)(H,8,9)/q2*+1;. The molecule has 0 atom stereocenters. The molecule has 0 rings (SSSR count). The van der Waals surface area contributed by atoms with Crippen molar-refractivity contribution in [2.45, 2.75) is 165 Å². The van der Waals surface area contributed by atoms with Gasteiger partial charge in [-0.3, -0.25) is 4.79 Å². The number of nitrogens with zero attached hydrogens (tertiary/aromatic N) is 2. The molecule has 0 spiro atoms. The van der Waals surface area contributed by atoms with Crippen molar-refractivity contribution in [3.8, 4) is 0 Å². The fourth-order valence-corrected chi connectivity index (χ4v) is 5.55. The van der Waals surface area contributed by atoms with Crippen molar-refractivity contribution in [3.63, 3.8) is 0 Å². The summed E-state index contributed by atoms with van der Waals surface area (Å²) in [5.74, 6) is -2.44. The molecule has 6 heteroatoms. The van der Waals surface area contributed by atoms with Crippen molar-refractivity contribution in [2.24, 2.45) is 0 Å². The lowest BCUT2D eigenvalue weighted by atomic mass is 10.1. The number of quaternary nitrogens is 2. The summed E-state index contributed by atoms with van der Waals surface area (Å²) in [5.41, 5.74) is -0.303. The molecule has 0 aliphatic heterocycles. The first-order chi connectivity index (χ1) is 20.5. The van der Waals surface area contributed by atoms with Gasteiger partial charge in [-0.1, -0.05) is 113 Å². The van der Waals surface area contributed by atoms with Gasteiger partial charge in [0.15, 0.2) is 0 Å². The van der Waals surface area contributed by atoms with Crippen LogP contribution in [0.1, 0.15) is 165 Å². The van der Waals surface area contributed by atoms with E-state index in [4.69, 9.17) is 10.2 Å². The van der Waals surface area contributed by atoms with Crippen molar-refractivity contribution >= 4 is 11.9 Å². The second-order valence-corrected chi connectivity index (χ2v) is 12.8. The fourth-order valence-electron chi connectivity index (χ4n) is 5.55. The predicted molar refractivity (Wildman–Crippen MR) is 188 cm³/mol. The summed E-state index contributed by atoms with van der Waals surface area (Å²) in [4.78, 5) is 19.7. The third-order valence-corrected chi connectivity index (χ3v) is 8.56. The summed E-state index contributed by atoms with van der Waals surface area (Å²) in [7, 11) is 0. The molecule has 0 aromatic carbocycles. The Morgan fingerprint density at radius 3 is 0.721 bits per heavy atom. The van der Waals surface area contributed by atoms with E-state index in [0.717, 1.165) is 0 Å². The number of carbonyl (C=O) groups is 2. The number of carboxylic acid groups (broad SMARTS) is 2. The van der Waals surface area contributed by atoms with Crippen LogP contribution >= 0.6 is 0 Å². The van der Waals surface area contributed by atoms with E-state index in [1.807, 2.05) is 0 Å². The van der Waals surface area contributed by atoms with Gasteiger partial charge < -0.3 is 19.2 Å². The minimum absolute atomic E-state index is 0.303. The molecule has 0 aromatic rings.